The molecular weight excluding hydrogens is 346 g/mol. The molecule has 0 saturated heterocycles. The molecular formula is C16H17N3O5S. The standard InChI is InChI=1S/C16H17N3O5S/c1-25(23,24)15-9-5-2-6-12(15)16(20)18-11-10-17-13-7-3-4-8-14(13)19(21)22/h2-9,17H,10-11H2,1H3,(H,18,20). The zero-order valence-electron chi connectivity index (χ0n) is 13.4. The molecule has 2 N–H and O–H groups in total. The molecule has 0 aliphatic heterocycles. The molecule has 2 aromatic carbocycles. The van der Waals surface area contributed by atoms with Crippen LogP contribution in [-0.4, -0.2) is 38.6 Å². The van der Waals surface area contributed by atoms with Gasteiger partial charge in [-0.25, -0.2) is 8.42 Å². The van der Waals surface area contributed by atoms with Crippen molar-refractivity contribution in [2.45, 2.75) is 4.90 Å². The number of nitro groups is 1. The number of amides is 1. The number of rotatable bonds is 7. The second-order valence-corrected chi connectivity index (χ2v) is 7.21. The third-order valence-corrected chi connectivity index (χ3v) is 4.51. The van der Waals surface area contributed by atoms with Crippen LogP contribution in [0.5, 0.6) is 0 Å². The Morgan fingerprint density at radius 2 is 1.72 bits per heavy atom. The van der Waals surface area contributed by atoms with Gasteiger partial charge in [0, 0.05) is 25.4 Å². The average Bonchev–Trinajstić information content (AvgIpc) is 2.58. The number of hydrogen-bond acceptors (Lipinski definition) is 6. The van der Waals surface area contributed by atoms with Gasteiger partial charge in [0.1, 0.15) is 5.69 Å². The molecule has 0 aromatic heterocycles. The summed E-state index contributed by atoms with van der Waals surface area (Å²) in [7, 11) is -3.52. The summed E-state index contributed by atoms with van der Waals surface area (Å²) >= 11 is 0. The number of carbonyl (C=O) groups is 1. The molecule has 132 valence electrons. The normalized spacial score (nSPS) is 10.9. The Kier molecular flexibility index (Phi) is 5.71. The minimum Gasteiger partial charge on any atom is -0.378 e. The molecule has 0 atom stereocenters. The molecule has 0 aliphatic carbocycles. The second-order valence-electron chi connectivity index (χ2n) is 5.23. The fourth-order valence-corrected chi connectivity index (χ4v) is 3.11. The highest BCUT2D eigenvalue weighted by Crippen LogP contribution is 2.22. The van der Waals surface area contributed by atoms with Crippen LogP contribution in [0.25, 0.3) is 0 Å². The van der Waals surface area contributed by atoms with E-state index in [1.165, 1.54) is 18.2 Å². The summed E-state index contributed by atoms with van der Waals surface area (Å²) in [5.74, 6) is -0.523. The van der Waals surface area contributed by atoms with Gasteiger partial charge < -0.3 is 10.6 Å². The molecule has 0 fully saturated rings. The Morgan fingerprint density at radius 3 is 2.40 bits per heavy atom. The van der Waals surface area contributed by atoms with Gasteiger partial charge in [-0.1, -0.05) is 24.3 Å². The minimum atomic E-state index is -3.52. The smallest absolute Gasteiger partial charge is 0.292 e. The van der Waals surface area contributed by atoms with E-state index in [1.54, 1.807) is 30.3 Å². The molecule has 0 aliphatic rings. The molecule has 25 heavy (non-hydrogen) atoms. The number of benzene rings is 2. The van der Waals surface area contributed by atoms with Crippen LogP contribution in [-0.2, 0) is 9.84 Å². The van der Waals surface area contributed by atoms with Crippen molar-refractivity contribution in [2.24, 2.45) is 0 Å². The van der Waals surface area contributed by atoms with Crippen LogP contribution in [0.3, 0.4) is 0 Å². The van der Waals surface area contributed by atoms with Gasteiger partial charge in [0.15, 0.2) is 9.84 Å². The number of nitrogens with zero attached hydrogens (tertiary/aromatic N) is 1. The number of nitro benzene ring substituents is 1. The summed E-state index contributed by atoms with van der Waals surface area (Å²) in [4.78, 5) is 22.6. The molecule has 0 heterocycles. The maximum absolute atomic E-state index is 12.2. The van der Waals surface area contributed by atoms with Crippen molar-refractivity contribution in [3.63, 3.8) is 0 Å². The quantitative estimate of drug-likeness (QED) is 0.440. The van der Waals surface area contributed by atoms with Gasteiger partial charge in [0.05, 0.1) is 15.4 Å². The summed E-state index contributed by atoms with van der Waals surface area (Å²) < 4.78 is 23.4. The number of nitrogens with one attached hydrogen (secondary N) is 2. The van der Waals surface area contributed by atoms with Crippen molar-refractivity contribution in [1.82, 2.24) is 5.32 Å². The monoisotopic (exact) mass is 363 g/mol. The molecule has 2 aromatic rings. The third kappa shape index (κ3) is 4.77. The number of carbonyl (C=O) groups excluding carboxylic acids is 1. The lowest BCUT2D eigenvalue weighted by Gasteiger charge is -2.10. The molecule has 9 heteroatoms. The fraction of sp³-hybridized carbons (Fsp3) is 0.188. The zero-order valence-corrected chi connectivity index (χ0v) is 14.2. The highest BCUT2D eigenvalue weighted by atomic mass is 32.2. The predicted molar refractivity (Wildman–Crippen MR) is 93.5 cm³/mol. The minimum absolute atomic E-state index is 0.0424. The molecule has 0 saturated carbocycles. The zero-order chi connectivity index (χ0) is 18.4. The van der Waals surface area contributed by atoms with E-state index in [0.717, 1.165) is 6.26 Å². The molecule has 2 rings (SSSR count). The second kappa shape index (κ2) is 7.75. The number of sulfone groups is 1. The highest BCUT2D eigenvalue weighted by Gasteiger charge is 2.17. The van der Waals surface area contributed by atoms with E-state index in [2.05, 4.69) is 10.6 Å². The van der Waals surface area contributed by atoms with Gasteiger partial charge in [-0.15, -0.1) is 0 Å². The van der Waals surface area contributed by atoms with Crippen molar-refractivity contribution in [2.75, 3.05) is 24.7 Å². The number of para-hydroxylation sites is 2. The molecule has 0 unspecified atom stereocenters. The van der Waals surface area contributed by atoms with Crippen molar-refractivity contribution in [1.29, 1.82) is 0 Å². The lowest BCUT2D eigenvalue weighted by Crippen LogP contribution is -2.29. The summed E-state index contributed by atoms with van der Waals surface area (Å²) in [6.45, 7) is 0.417. The SMILES string of the molecule is CS(=O)(=O)c1ccccc1C(=O)NCCNc1ccccc1[N+](=O)[O-]. The van der Waals surface area contributed by atoms with Crippen LogP contribution in [0.4, 0.5) is 11.4 Å². The topological polar surface area (TPSA) is 118 Å². The largest absolute Gasteiger partial charge is 0.378 e. The van der Waals surface area contributed by atoms with E-state index in [0.29, 0.717) is 5.69 Å². The van der Waals surface area contributed by atoms with Crippen molar-refractivity contribution in [3.8, 4) is 0 Å². The lowest BCUT2D eigenvalue weighted by molar-refractivity contribution is -0.384. The fourth-order valence-electron chi connectivity index (χ4n) is 2.23. The van der Waals surface area contributed by atoms with Crippen LogP contribution in [0, 0.1) is 10.1 Å². The third-order valence-electron chi connectivity index (χ3n) is 3.36. The van der Waals surface area contributed by atoms with Crippen LogP contribution in [0.15, 0.2) is 53.4 Å². The first-order valence-electron chi connectivity index (χ1n) is 7.35. The Bertz CT molecular complexity index is 896. The molecule has 1 amide bonds. The van der Waals surface area contributed by atoms with E-state index < -0.39 is 20.7 Å². The van der Waals surface area contributed by atoms with Gasteiger partial charge in [0.2, 0.25) is 0 Å². The van der Waals surface area contributed by atoms with Crippen LogP contribution >= 0.6 is 0 Å². The highest BCUT2D eigenvalue weighted by molar-refractivity contribution is 7.90. The predicted octanol–water partition coefficient (Wildman–Crippen LogP) is 1.84. The molecule has 0 bridgehead atoms. The van der Waals surface area contributed by atoms with Gasteiger partial charge >= 0.3 is 0 Å². The molecule has 8 nitrogen and oxygen atoms in total. The van der Waals surface area contributed by atoms with Crippen molar-refractivity contribution >= 4 is 27.1 Å². The average molecular weight is 363 g/mol. The van der Waals surface area contributed by atoms with Crippen LogP contribution in [0.1, 0.15) is 10.4 Å². The first-order valence-corrected chi connectivity index (χ1v) is 9.24. The Labute approximate surface area is 144 Å². The first-order chi connectivity index (χ1) is 11.8. The van der Waals surface area contributed by atoms with Gasteiger partial charge in [0.25, 0.3) is 11.6 Å². The first kappa shape index (κ1) is 18.4. The summed E-state index contributed by atoms with van der Waals surface area (Å²) in [5.41, 5.74) is 0.352. The maximum Gasteiger partial charge on any atom is 0.292 e. The van der Waals surface area contributed by atoms with Crippen molar-refractivity contribution < 1.29 is 18.1 Å². The Hall–Kier alpha value is -2.94. The van der Waals surface area contributed by atoms with Crippen molar-refractivity contribution in [3.05, 3.63) is 64.2 Å². The van der Waals surface area contributed by atoms with E-state index in [9.17, 15) is 23.3 Å². The van der Waals surface area contributed by atoms with Gasteiger partial charge in [-0.2, -0.15) is 0 Å². The maximum atomic E-state index is 12.2. The van der Waals surface area contributed by atoms with Crippen LogP contribution < -0.4 is 10.6 Å². The Balaban J connectivity index is 1.98. The van der Waals surface area contributed by atoms with E-state index in [-0.39, 0.29) is 29.2 Å². The van der Waals surface area contributed by atoms with Gasteiger partial charge in [-0.3, -0.25) is 14.9 Å². The van der Waals surface area contributed by atoms with Crippen LogP contribution in [0.2, 0.25) is 0 Å². The summed E-state index contributed by atoms with van der Waals surface area (Å²) in [6.07, 6.45) is 1.04. The van der Waals surface area contributed by atoms with E-state index >= 15 is 0 Å². The van der Waals surface area contributed by atoms with E-state index in [1.807, 2.05) is 0 Å². The molecule has 0 spiro atoms. The van der Waals surface area contributed by atoms with E-state index in [4.69, 9.17) is 0 Å². The molecule has 0 radical (unpaired) electrons. The lowest BCUT2D eigenvalue weighted by atomic mass is 10.2. The number of anilines is 1. The number of hydrogen-bond donors (Lipinski definition) is 2. The van der Waals surface area contributed by atoms with Gasteiger partial charge in [-0.05, 0) is 18.2 Å². The summed E-state index contributed by atoms with van der Waals surface area (Å²) in [5, 5.41) is 16.4. The Morgan fingerprint density at radius 1 is 1.08 bits per heavy atom. The summed E-state index contributed by atoms with van der Waals surface area (Å²) in [6, 6.07) is 12.1.